The molecule has 0 spiro atoms. The zero-order valence-corrected chi connectivity index (χ0v) is 18.1. The number of halogens is 1. The molecule has 3 aromatic rings. The molecule has 150 valence electrons. The summed E-state index contributed by atoms with van der Waals surface area (Å²) in [6.07, 6.45) is 0. The molecule has 0 saturated heterocycles. The molecule has 0 aliphatic carbocycles. The summed E-state index contributed by atoms with van der Waals surface area (Å²) in [5, 5.41) is 0.484. The van der Waals surface area contributed by atoms with Gasteiger partial charge >= 0.3 is 0 Å². The van der Waals surface area contributed by atoms with E-state index < -0.39 is 6.04 Å². The normalized spacial score (nSPS) is 16.1. The fraction of sp³-hybridized carbons (Fsp3) is 0.304. The molecule has 0 N–H and O–H groups in total. The molecule has 1 aromatic heterocycles. The Hall–Kier alpha value is -2.44. The minimum Gasteiger partial charge on any atom is -0.450 e. The lowest BCUT2D eigenvalue weighted by molar-refractivity contribution is 0.0708. The highest BCUT2D eigenvalue weighted by molar-refractivity contribution is 9.10. The van der Waals surface area contributed by atoms with Crippen LogP contribution in [0.2, 0.25) is 0 Å². The van der Waals surface area contributed by atoms with Crippen molar-refractivity contribution < 1.29 is 9.21 Å². The van der Waals surface area contributed by atoms with Gasteiger partial charge in [-0.3, -0.25) is 9.59 Å². The predicted octanol–water partition coefficient (Wildman–Crippen LogP) is 4.44. The monoisotopic (exact) mass is 454 g/mol. The Morgan fingerprint density at radius 3 is 2.48 bits per heavy atom. The van der Waals surface area contributed by atoms with Gasteiger partial charge in [0.2, 0.25) is 5.76 Å². The van der Waals surface area contributed by atoms with E-state index in [0.717, 1.165) is 29.7 Å². The maximum Gasteiger partial charge on any atom is 0.290 e. The number of amides is 1. The van der Waals surface area contributed by atoms with Crippen molar-refractivity contribution in [2.75, 3.05) is 26.2 Å². The largest absolute Gasteiger partial charge is 0.450 e. The number of benzene rings is 2. The highest BCUT2D eigenvalue weighted by Gasteiger charge is 2.42. The van der Waals surface area contributed by atoms with Gasteiger partial charge in [-0.25, -0.2) is 0 Å². The molecule has 1 atom stereocenters. The third-order valence-electron chi connectivity index (χ3n) is 5.59. The van der Waals surface area contributed by atoms with Crippen molar-refractivity contribution in [1.29, 1.82) is 0 Å². The van der Waals surface area contributed by atoms with E-state index in [1.54, 1.807) is 17.0 Å². The van der Waals surface area contributed by atoms with Crippen LogP contribution in [0.3, 0.4) is 0 Å². The average Bonchev–Trinajstić information content (AvgIpc) is 3.02. The number of likely N-dealkylation sites (N-methyl/N-ethyl adjacent to an activating group) is 1. The Labute approximate surface area is 178 Å². The first kappa shape index (κ1) is 19.9. The molecule has 4 rings (SSSR count). The lowest BCUT2D eigenvalue weighted by atomic mass is 9.98. The van der Waals surface area contributed by atoms with Crippen LogP contribution in [0.15, 0.2) is 62.2 Å². The van der Waals surface area contributed by atoms with Gasteiger partial charge in [-0.1, -0.05) is 60.1 Å². The molecule has 29 heavy (non-hydrogen) atoms. The van der Waals surface area contributed by atoms with Gasteiger partial charge in [-0.05, 0) is 36.9 Å². The molecule has 0 bridgehead atoms. The molecule has 2 heterocycles. The SMILES string of the molecule is CCN(CC)CCN1C(=O)c2oc3ccc(Br)cc3c(=O)c2C1c1ccccc1. The van der Waals surface area contributed by atoms with Crippen LogP contribution >= 0.6 is 15.9 Å². The number of carbonyl (C=O) groups is 1. The Bertz CT molecular complexity index is 1110. The van der Waals surface area contributed by atoms with Crippen LogP contribution < -0.4 is 5.43 Å². The average molecular weight is 455 g/mol. The minimum absolute atomic E-state index is 0.143. The molecule has 0 radical (unpaired) electrons. The van der Waals surface area contributed by atoms with Gasteiger partial charge in [0.1, 0.15) is 5.58 Å². The first-order valence-corrected chi connectivity index (χ1v) is 10.7. The van der Waals surface area contributed by atoms with Crippen molar-refractivity contribution in [3.8, 4) is 0 Å². The predicted molar refractivity (Wildman–Crippen MR) is 117 cm³/mol. The van der Waals surface area contributed by atoms with E-state index in [0.29, 0.717) is 23.1 Å². The van der Waals surface area contributed by atoms with Gasteiger partial charge in [0, 0.05) is 17.6 Å². The molecule has 5 nitrogen and oxygen atoms in total. The Morgan fingerprint density at radius 2 is 1.79 bits per heavy atom. The number of carbonyl (C=O) groups excluding carboxylic acids is 1. The van der Waals surface area contributed by atoms with Crippen LogP contribution in [0.4, 0.5) is 0 Å². The van der Waals surface area contributed by atoms with E-state index >= 15 is 0 Å². The smallest absolute Gasteiger partial charge is 0.290 e. The number of rotatable bonds is 6. The van der Waals surface area contributed by atoms with Crippen molar-refractivity contribution in [1.82, 2.24) is 9.80 Å². The highest BCUT2D eigenvalue weighted by atomic mass is 79.9. The van der Waals surface area contributed by atoms with Gasteiger partial charge in [0.25, 0.3) is 5.91 Å². The Kier molecular flexibility index (Phi) is 5.56. The zero-order chi connectivity index (χ0) is 20.5. The Morgan fingerprint density at radius 1 is 1.07 bits per heavy atom. The van der Waals surface area contributed by atoms with Crippen LogP contribution in [-0.4, -0.2) is 41.9 Å². The standard InChI is InChI=1S/C23H23BrN2O3/c1-3-25(4-2)12-13-26-20(15-8-6-5-7-9-15)19-21(27)17-14-16(24)10-11-18(17)29-22(19)23(26)28/h5-11,14,20H,3-4,12-13H2,1-2H3. The molecule has 0 saturated carbocycles. The van der Waals surface area contributed by atoms with E-state index in [1.165, 1.54) is 0 Å². The zero-order valence-electron chi connectivity index (χ0n) is 16.5. The summed E-state index contributed by atoms with van der Waals surface area (Å²) < 4.78 is 6.77. The second kappa shape index (κ2) is 8.13. The maximum absolute atomic E-state index is 13.4. The third kappa shape index (κ3) is 3.51. The molecule has 1 aliphatic rings. The fourth-order valence-electron chi connectivity index (χ4n) is 3.99. The van der Waals surface area contributed by atoms with Crippen molar-refractivity contribution in [2.45, 2.75) is 19.9 Å². The van der Waals surface area contributed by atoms with Crippen molar-refractivity contribution >= 4 is 32.8 Å². The van der Waals surface area contributed by atoms with Gasteiger partial charge in [-0.2, -0.15) is 0 Å². The second-order valence-corrected chi connectivity index (χ2v) is 8.07. The lowest BCUT2D eigenvalue weighted by Crippen LogP contribution is -2.37. The van der Waals surface area contributed by atoms with Crippen LogP contribution in [-0.2, 0) is 0 Å². The lowest BCUT2D eigenvalue weighted by Gasteiger charge is -2.28. The summed E-state index contributed by atoms with van der Waals surface area (Å²) in [5.41, 5.74) is 1.64. The first-order chi connectivity index (χ1) is 14.0. The third-order valence-corrected chi connectivity index (χ3v) is 6.09. The van der Waals surface area contributed by atoms with Gasteiger partial charge < -0.3 is 14.2 Å². The molecule has 6 heteroatoms. The maximum atomic E-state index is 13.4. The van der Waals surface area contributed by atoms with Crippen molar-refractivity contribution in [3.63, 3.8) is 0 Å². The molecule has 1 amide bonds. The molecule has 2 aromatic carbocycles. The van der Waals surface area contributed by atoms with E-state index in [4.69, 9.17) is 4.42 Å². The van der Waals surface area contributed by atoms with Crippen LogP contribution in [0, 0.1) is 0 Å². The van der Waals surface area contributed by atoms with Gasteiger partial charge in [0.05, 0.1) is 17.0 Å². The van der Waals surface area contributed by atoms with E-state index in [9.17, 15) is 9.59 Å². The summed E-state index contributed by atoms with van der Waals surface area (Å²) >= 11 is 3.42. The summed E-state index contributed by atoms with van der Waals surface area (Å²) in [4.78, 5) is 30.8. The number of fused-ring (bicyclic) bond motifs is 2. The highest BCUT2D eigenvalue weighted by Crippen LogP contribution is 2.38. The number of hydrogen-bond acceptors (Lipinski definition) is 4. The number of hydrogen-bond donors (Lipinski definition) is 0. The van der Waals surface area contributed by atoms with Crippen molar-refractivity contribution in [2.24, 2.45) is 0 Å². The summed E-state index contributed by atoms with van der Waals surface area (Å²) in [7, 11) is 0. The fourth-order valence-corrected chi connectivity index (χ4v) is 4.36. The van der Waals surface area contributed by atoms with Gasteiger partial charge in [-0.15, -0.1) is 0 Å². The van der Waals surface area contributed by atoms with E-state index in [2.05, 4.69) is 34.7 Å². The topological polar surface area (TPSA) is 53.8 Å². The molecule has 1 unspecified atom stereocenters. The summed E-state index contributed by atoms with van der Waals surface area (Å²) in [5.74, 6) is -0.0545. The molecule has 0 fully saturated rings. The van der Waals surface area contributed by atoms with Crippen LogP contribution in [0.25, 0.3) is 11.0 Å². The minimum atomic E-state index is -0.436. The molecule has 1 aliphatic heterocycles. The first-order valence-electron chi connectivity index (χ1n) is 9.89. The summed E-state index contributed by atoms with van der Waals surface area (Å²) in [6.45, 7) is 7.31. The molecular weight excluding hydrogens is 432 g/mol. The van der Waals surface area contributed by atoms with E-state index in [1.807, 2.05) is 36.4 Å². The quantitative estimate of drug-likeness (QED) is 0.552. The van der Waals surface area contributed by atoms with Gasteiger partial charge in [0.15, 0.2) is 5.43 Å². The van der Waals surface area contributed by atoms with Crippen LogP contribution in [0.5, 0.6) is 0 Å². The van der Waals surface area contributed by atoms with E-state index in [-0.39, 0.29) is 17.1 Å². The number of nitrogens with zero attached hydrogens (tertiary/aromatic N) is 2. The Balaban J connectivity index is 1.87. The van der Waals surface area contributed by atoms with Crippen LogP contribution in [0.1, 0.15) is 41.6 Å². The second-order valence-electron chi connectivity index (χ2n) is 7.15. The van der Waals surface area contributed by atoms with Crippen molar-refractivity contribution in [3.05, 3.63) is 80.1 Å². The molecular formula is C23H23BrN2O3. The summed E-state index contributed by atoms with van der Waals surface area (Å²) in [6, 6.07) is 14.6.